The van der Waals surface area contributed by atoms with E-state index in [2.05, 4.69) is 6.92 Å². The third kappa shape index (κ3) is 2.14. The fraction of sp³-hybridized carbons (Fsp3) is 1.00. The van der Waals surface area contributed by atoms with Gasteiger partial charge in [0.1, 0.15) is 0 Å². The van der Waals surface area contributed by atoms with Gasteiger partial charge in [0, 0.05) is 0 Å². The molecular weight excluding hydrogens is 224 g/mol. The summed E-state index contributed by atoms with van der Waals surface area (Å²) in [5.41, 5.74) is -0.697. The zero-order valence-corrected chi connectivity index (χ0v) is 10.8. The molecular formula is C12H22O3S. The van der Waals surface area contributed by atoms with Crippen molar-refractivity contribution in [3.63, 3.8) is 0 Å². The van der Waals surface area contributed by atoms with E-state index in [1.807, 2.05) is 0 Å². The highest BCUT2D eigenvalue weighted by molar-refractivity contribution is 7.92. The van der Waals surface area contributed by atoms with Crippen molar-refractivity contribution in [1.29, 1.82) is 0 Å². The van der Waals surface area contributed by atoms with E-state index in [1.54, 1.807) is 0 Å². The van der Waals surface area contributed by atoms with Gasteiger partial charge in [-0.25, -0.2) is 8.42 Å². The van der Waals surface area contributed by atoms with Crippen molar-refractivity contribution in [1.82, 2.24) is 0 Å². The molecule has 0 radical (unpaired) electrons. The monoisotopic (exact) mass is 246 g/mol. The number of sulfone groups is 1. The highest BCUT2D eigenvalue weighted by Gasteiger charge is 2.49. The predicted molar refractivity (Wildman–Crippen MR) is 64.1 cm³/mol. The van der Waals surface area contributed by atoms with Crippen LogP contribution in [0.5, 0.6) is 0 Å². The molecule has 2 unspecified atom stereocenters. The van der Waals surface area contributed by atoms with E-state index in [0.717, 1.165) is 38.5 Å². The van der Waals surface area contributed by atoms with Gasteiger partial charge in [-0.15, -0.1) is 0 Å². The van der Waals surface area contributed by atoms with Crippen molar-refractivity contribution in [2.45, 2.75) is 74.4 Å². The molecule has 2 atom stereocenters. The number of hydrogen-bond acceptors (Lipinski definition) is 3. The van der Waals surface area contributed by atoms with Crippen LogP contribution >= 0.6 is 0 Å². The lowest BCUT2D eigenvalue weighted by Gasteiger charge is -2.43. The first kappa shape index (κ1) is 12.4. The molecule has 0 aromatic carbocycles. The second-order valence-corrected chi connectivity index (χ2v) is 8.01. The Balaban J connectivity index is 2.14. The number of fused-ring (bicyclic) bond motifs is 2. The number of aliphatic hydroxyl groups is 1. The first-order valence-electron chi connectivity index (χ1n) is 6.43. The van der Waals surface area contributed by atoms with Gasteiger partial charge in [-0.1, -0.05) is 26.2 Å². The molecule has 0 aromatic heterocycles. The quantitative estimate of drug-likeness (QED) is 0.829. The molecule has 16 heavy (non-hydrogen) atoms. The van der Waals surface area contributed by atoms with Crippen LogP contribution in [-0.2, 0) is 9.84 Å². The summed E-state index contributed by atoms with van der Waals surface area (Å²) in [6.07, 6.45) is 6.31. The van der Waals surface area contributed by atoms with E-state index in [9.17, 15) is 13.5 Å². The van der Waals surface area contributed by atoms with E-state index in [0.29, 0.717) is 12.8 Å². The molecule has 2 rings (SSSR count). The summed E-state index contributed by atoms with van der Waals surface area (Å²) < 4.78 is 24.1. The molecule has 3 nitrogen and oxygen atoms in total. The van der Waals surface area contributed by atoms with Gasteiger partial charge in [0.15, 0.2) is 9.84 Å². The number of unbranched alkanes of at least 4 members (excludes halogenated alkanes) is 1. The summed E-state index contributed by atoms with van der Waals surface area (Å²) in [7, 11) is -2.92. The maximum Gasteiger partial charge on any atom is 0.156 e. The summed E-state index contributed by atoms with van der Waals surface area (Å²) in [5, 5.41) is 9.95. The van der Waals surface area contributed by atoms with Crippen molar-refractivity contribution in [3.05, 3.63) is 0 Å². The van der Waals surface area contributed by atoms with Gasteiger partial charge in [0.05, 0.1) is 16.1 Å². The fourth-order valence-electron chi connectivity index (χ4n) is 3.25. The normalized spacial score (nSPS) is 41.9. The van der Waals surface area contributed by atoms with E-state index >= 15 is 0 Å². The van der Waals surface area contributed by atoms with Gasteiger partial charge in [-0.05, 0) is 32.1 Å². The van der Waals surface area contributed by atoms with Crippen molar-refractivity contribution >= 4 is 9.84 Å². The van der Waals surface area contributed by atoms with Crippen molar-refractivity contribution in [3.8, 4) is 0 Å². The van der Waals surface area contributed by atoms with E-state index < -0.39 is 15.4 Å². The van der Waals surface area contributed by atoms with Gasteiger partial charge in [-0.2, -0.15) is 0 Å². The van der Waals surface area contributed by atoms with Crippen molar-refractivity contribution < 1.29 is 13.5 Å². The molecule has 1 N–H and O–H groups in total. The molecule has 0 amide bonds. The van der Waals surface area contributed by atoms with Crippen LogP contribution in [0.25, 0.3) is 0 Å². The third-order valence-corrected chi connectivity index (χ3v) is 6.86. The second-order valence-electron chi connectivity index (χ2n) is 5.50. The van der Waals surface area contributed by atoms with Gasteiger partial charge in [-0.3, -0.25) is 0 Å². The highest BCUT2D eigenvalue weighted by atomic mass is 32.2. The standard InChI is InChI=1S/C12H22O3S/c1-2-3-7-12(13)8-10-5-4-6-11(9-12)16(10,14)15/h10-11,13H,2-9H2,1H3. The number of rotatable bonds is 3. The van der Waals surface area contributed by atoms with Crippen molar-refractivity contribution in [2.24, 2.45) is 0 Å². The summed E-state index contributed by atoms with van der Waals surface area (Å²) in [4.78, 5) is 0. The Morgan fingerprint density at radius 3 is 2.31 bits per heavy atom. The average Bonchev–Trinajstić information content (AvgIpc) is 2.18. The lowest BCUT2D eigenvalue weighted by Crippen LogP contribution is -2.51. The van der Waals surface area contributed by atoms with E-state index in [1.165, 1.54) is 0 Å². The summed E-state index contributed by atoms with van der Waals surface area (Å²) in [6.45, 7) is 2.10. The molecule has 2 bridgehead atoms. The molecule has 94 valence electrons. The Morgan fingerprint density at radius 2 is 1.81 bits per heavy atom. The van der Waals surface area contributed by atoms with Crippen LogP contribution in [0.1, 0.15) is 58.3 Å². The second kappa shape index (κ2) is 4.30. The van der Waals surface area contributed by atoms with Crippen LogP contribution in [0, 0.1) is 0 Å². The third-order valence-electron chi connectivity index (χ3n) is 4.19. The molecule has 0 aliphatic carbocycles. The van der Waals surface area contributed by atoms with E-state index in [4.69, 9.17) is 0 Å². The molecule has 2 aliphatic rings. The van der Waals surface area contributed by atoms with Crippen LogP contribution in [-0.4, -0.2) is 29.6 Å². The molecule has 4 heteroatoms. The molecule has 2 saturated heterocycles. The molecule has 2 fully saturated rings. The Labute approximate surface area is 98.2 Å². The average molecular weight is 246 g/mol. The smallest absolute Gasteiger partial charge is 0.156 e. The molecule has 2 heterocycles. The van der Waals surface area contributed by atoms with Gasteiger partial charge >= 0.3 is 0 Å². The molecule has 0 spiro atoms. The lowest BCUT2D eigenvalue weighted by molar-refractivity contribution is -0.000158. The van der Waals surface area contributed by atoms with Gasteiger partial charge in [0.2, 0.25) is 0 Å². The SMILES string of the molecule is CCCCC1(O)CC2CCCC(C1)S2(=O)=O. The summed E-state index contributed by atoms with van der Waals surface area (Å²) in [6, 6.07) is 0. The van der Waals surface area contributed by atoms with Crippen LogP contribution in [0.4, 0.5) is 0 Å². The van der Waals surface area contributed by atoms with Crippen LogP contribution in [0.15, 0.2) is 0 Å². The largest absolute Gasteiger partial charge is 0.390 e. The lowest BCUT2D eigenvalue weighted by atomic mass is 9.82. The van der Waals surface area contributed by atoms with Gasteiger partial charge in [0.25, 0.3) is 0 Å². The van der Waals surface area contributed by atoms with Gasteiger partial charge < -0.3 is 5.11 Å². The zero-order valence-electron chi connectivity index (χ0n) is 9.98. The molecule has 2 aliphatic heterocycles. The minimum atomic E-state index is -2.92. The van der Waals surface area contributed by atoms with Crippen LogP contribution in [0.2, 0.25) is 0 Å². The van der Waals surface area contributed by atoms with Crippen LogP contribution < -0.4 is 0 Å². The summed E-state index contributed by atoms with van der Waals surface area (Å²) >= 11 is 0. The molecule has 0 aromatic rings. The van der Waals surface area contributed by atoms with Crippen LogP contribution in [0.3, 0.4) is 0 Å². The Morgan fingerprint density at radius 1 is 1.25 bits per heavy atom. The zero-order chi connectivity index (χ0) is 11.8. The first-order valence-corrected chi connectivity index (χ1v) is 8.04. The Kier molecular flexibility index (Phi) is 3.32. The maximum absolute atomic E-state index is 12.0. The molecule has 0 saturated carbocycles. The topological polar surface area (TPSA) is 54.4 Å². The Hall–Kier alpha value is -0.0900. The highest BCUT2D eigenvalue weighted by Crippen LogP contribution is 2.43. The Bertz CT molecular complexity index is 327. The van der Waals surface area contributed by atoms with Crippen molar-refractivity contribution in [2.75, 3.05) is 0 Å². The van der Waals surface area contributed by atoms with E-state index in [-0.39, 0.29) is 10.5 Å². The predicted octanol–water partition coefficient (Wildman–Crippen LogP) is 2.04. The minimum absolute atomic E-state index is 0.262. The summed E-state index contributed by atoms with van der Waals surface area (Å²) in [5.74, 6) is 0. The first-order chi connectivity index (χ1) is 7.48. The maximum atomic E-state index is 12.0. The number of hydrogen-bond donors (Lipinski definition) is 1. The fourth-order valence-corrected chi connectivity index (χ4v) is 5.87. The minimum Gasteiger partial charge on any atom is -0.390 e.